The molecule has 74 valence electrons. The molecule has 1 aromatic heterocycles. The molecule has 1 rings (SSSR count). The predicted octanol–water partition coefficient (Wildman–Crippen LogP) is 2.92. The Balaban J connectivity index is 3.34. The fraction of sp³-hybridized carbons (Fsp3) is 0.250. The zero-order chi connectivity index (χ0) is 10.7. The van der Waals surface area contributed by atoms with E-state index in [1.807, 2.05) is 0 Å². The van der Waals surface area contributed by atoms with Crippen LogP contribution in [0.5, 0.6) is 0 Å². The number of pyridine rings is 1. The predicted molar refractivity (Wildman–Crippen MR) is 46.5 cm³/mol. The van der Waals surface area contributed by atoms with Gasteiger partial charge in [-0.1, -0.05) is 15.9 Å². The highest BCUT2D eigenvalue weighted by molar-refractivity contribution is 9.08. The Morgan fingerprint density at radius 1 is 1.57 bits per heavy atom. The third-order valence-corrected chi connectivity index (χ3v) is 2.15. The van der Waals surface area contributed by atoms with Gasteiger partial charge in [0.15, 0.2) is 11.5 Å². The Morgan fingerprint density at radius 3 is 2.64 bits per heavy atom. The fourth-order valence-electron chi connectivity index (χ4n) is 0.915. The van der Waals surface area contributed by atoms with Crippen LogP contribution in [0, 0.1) is 17.1 Å². The first-order valence-electron chi connectivity index (χ1n) is 3.53. The number of alkyl halides is 3. The summed E-state index contributed by atoms with van der Waals surface area (Å²) in [6.45, 7) is 0. The second-order valence-corrected chi connectivity index (χ2v) is 2.97. The lowest BCUT2D eigenvalue weighted by molar-refractivity contribution is 0.145. The van der Waals surface area contributed by atoms with E-state index in [0.29, 0.717) is 0 Å². The van der Waals surface area contributed by atoms with Crippen LogP contribution in [0.15, 0.2) is 6.07 Å². The summed E-state index contributed by atoms with van der Waals surface area (Å²) in [5.41, 5.74) is -1.11. The first-order valence-corrected chi connectivity index (χ1v) is 4.65. The molecular formula is C8H4BrF3N2. The van der Waals surface area contributed by atoms with E-state index in [1.54, 1.807) is 0 Å². The van der Waals surface area contributed by atoms with E-state index in [4.69, 9.17) is 5.26 Å². The van der Waals surface area contributed by atoms with Crippen molar-refractivity contribution in [2.75, 3.05) is 0 Å². The maximum Gasteiger partial charge on any atom is 0.280 e. The summed E-state index contributed by atoms with van der Waals surface area (Å²) in [6, 6.07) is 2.30. The molecule has 0 radical (unpaired) electrons. The molecule has 0 N–H and O–H groups in total. The third kappa shape index (κ3) is 2.04. The topological polar surface area (TPSA) is 36.7 Å². The highest BCUT2D eigenvalue weighted by Crippen LogP contribution is 2.24. The van der Waals surface area contributed by atoms with Crippen LogP contribution in [0.2, 0.25) is 0 Å². The number of rotatable bonds is 2. The lowest BCUT2D eigenvalue weighted by Gasteiger charge is -2.05. The number of halogens is 4. The summed E-state index contributed by atoms with van der Waals surface area (Å²) in [7, 11) is 0. The van der Waals surface area contributed by atoms with Crippen LogP contribution in [-0.4, -0.2) is 4.98 Å². The standard InChI is InChI=1S/C8H4BrF3N2/c9-2-4-1-5(10)6(3-13)14-7(4)8(11)12/h1,8H,2H2. The van der Waals surface area contributed by atoms with Gasteiger partial charge in [0.1, 0.15) is 11.8 Å². The molecular weight excluding hydrogens is 261 g/mol. The SMILES string of the molecule is N#Cc1nc(C(F)F)c(CBr)cc1F. The van der Waals surface area contributed by atoms with E-state index in [-0.39, 0.29) is 10.9 Å². The zero-order valence-electron chi connectivity index (χ0n) is 6.77. The van der Waals surface area contributed by atoms with Gasteiger partial charge in [0.25, 0.3) is 6.43 Å². The number of hydrogen-bond donors (Lipinski definition) is 0. The first-order chi connectivity index (χ1) is 6.60. The molecule has 0 aromatic carbocycles. The molecule has 0 aliphatic heterocycles. The quantitative estimate of drug-likeness (QED) is 0.771. The average Bonchev–Trinajstić information content (AvgIpc) is 2.16. The molecule has 6 heteroatoms. The lowest BCUT2D eigenvalue weighted by atomic mass is 10.2. The minimum absolute atomic E-state index is 0.0523. The molecule has 14 heavy (non-hydrogen) atoms. The van der Waals surface area contributed by atoms with Crippen molar-refractivity contribution >= 4 is 15.9 Å². The van der Waals surface area contributed by atoms with Crippen molar-refractivity contribution in [3.05, 3.63) is 28.8 Å². The third-order valence-electron chi connectivity index (χ3n) is 1.55. The Morgan fingerprint density at radius 2 is 2.21 bits per heavy atom. The molecule has 2 nitrogen and oxygen atoms in total. The smallest absolute Gasteiger partial charge is 0.233 e. The monoisotopic (exact) mass is 264 g/mol. The van der Waals surface area contributed by atoms with Crippen molar-refractivity contribution in [2.45, 2.75) is 11.8 Å². The lowest BCUT2D eigenvalue weighted by Crippen LogP contribution is -2.01. The van der Waals surface area contributed by atoms with Gasteiger partial charge >= 0.3 is 0 Å². The molecule has 0 amide bonds. The number of nitriles is 1. The van der Waals surface area contributed by atoms with Gasteiger partial charge in [0.2, 0.25) is 0 Å². The molecule has 0 aliphatic rings. The van der Waals surface area contributed by atoms with Crippen LogP contribution in [0.4, 0.5) is 13.2 Å². The van der Waals surface area contributed by atoms with Gasteiger partial charge < -0.3 is 0 Å². The Hall–Kier alpha value is -1.09. The molecule has 0 bridgehead atoms. The molecule has 0 saturated heterocycles. The van der Waals surface area contributed by atoms with Gasteiger partial charge in [-0.05, 0) is 11.6 Å². The van der Waals surface area contributed by atoms with Crippen molar-refractivity contribution in [3.63, 3.8) is 0 Å². The van der Waals surface area contributed by atoms with Crippen LogP contribution in [-0.2, 0) is 5.33 Å². The van der Waals surface area contributed by atoms with Gasteiger partial charge in [-0.3, -0.25) is 0 Å². The minimum Gasteiger partial charge on any atom is -0.233 e. The molecule has 0 saturated carbocycles. The van der Waals surface area contributed by atoms with Crippen molar-refractivity contribution in [1.82, 2.24) is 4.98 Å². The van der Waals surface area contributed by atoms with Gasteiger partial charge in [0, 0.05) is 5.33 Å². The molecule has 0 unspecified atom stereocenters. The van der Waals surface area contributed by atoms with Crippen LogP contribution in [0.3, 0.4) is 0 Å². The maximum atomic E-state index is 12.9. The fourth-order valence-corrected chi connectivity index (χ4v) is 1.36. The van der Waals surface area contributed by atoms with Crippen molar-refractivity contribution in [3.8, 4) is 6.07 Å². The Kier molecular flexibility index (Phi) is 3.47. The summed E-state index contributed by atoms with van der Waals surface area (Å²) in [5.74, 6) is -0.883. The zero-order valence-corrected chi connectivity index (χ0v) is 8.35. The van der Waals surface area contributed by atoms with E-state index in [0.717, 1.165) is 6.07 Å². The molecule has 0 fully saturated rings. The maximum absolute atomic E-state index is 12.9. The van der Waals surface area contributed by atoms with E-state index in [9.17, 15) is 13.2 Å². The van der Waals surface area contributed by atoms with Crippen molar-refractivity contribution < 1.29 is 13.2 Å². The normalized spacial score (nSPS) is 10.3. The number of nitrogens with zero attached hydrogens (tertiary/aromatic N) is 2. The molecule has 0 atom stereocenters. The second-order valence-electron chi connectivity index (χ2n) is 2.41. The molecule has 0 aliphatic carbocycles. The minimum atomic E-state index is -2.81. The molecule has 1 heterocycles. The van der Waals surface area contributed by atoms with Crippen molar-refractivity contribution in [1.29, 1.82) is 5.26 Å². The average molecular weight is 265 g/mol. The van der Waals surface area contributed by atoms with Crippen LogP contribution < -0.4 is 0 Å². The number of hydrogen-bond acceptors (Lipinski definition) is 2. The first kappa shape index (κ1) is 11.0. The molecule has 1 aromatic rings. The van der Waals surface area contributed by atoms with E-state index >= 15 is 0 Å². The molecule has 0 spiro atoms. The van der Waals surface area contributed by atoms with Crippen LogP contribution >= 0.6 is 15.9 Å². The van der Waals surface area contributed by atoms with Gasteiger partial charge in [0.05, 0.1) is 0 Å². The summed E-state index contributed by atoms with van der Waals surface area (Å²) in [6.07, 6.45) is -2.81. The van der Waals surface area contributed by atoms with Crippen LogP contribution in [0.1, 0.15) is 23.4 Å². The van der Waals surface area contributed by atoms with Gasteiger partial charge in [-0.2, -0.15) is 5.26 Å². The van der Waals surface area contributed by atoms with E-state index in [2.05, 4.69) is 20.9 Å². The van der Waals surface area contributed by atoms with Gasteiger partial charge in [-0.25, -0.2) is 18.2 Å². The second kappa shape index (κ2) is 4.42. The number of aromatic nitrogens is 1. The Bertz CT molecular complexity index is 387. The van der Waals surface area contributed by atoms with E-state index < -0.39 is 23.6 Å². The highest BCUT2D eigenvalue weighted by atomic mass is 79.9. The summed E-state index contributed by atoms with van der Waals surface area (Å²) < 4.78 is 37.6. The van der Waals surface area contributed by atoms with Crippen LogP contribution in [0.25, 0.3) is 0 Å². The Labute approximate surface area is 86.5 Å². The van der Waals surface area contributed by atoms with E-state index in [1.165, 1.54) is 6.07 Å². The largest absolute Gasteiger partial charge is 0.280 e. The highest BCUT2D eigenvalue weighted by Gasteiger charge is 2.17. The van der Waals surface area contributed by atoms with Crippen molar-refractivity contribution in [2.24, 2.45) is 0 Å². The summed E-state index contributed by atoms with van der Waals surface area (Å²) in [5, 5.41) is 8.45. The summed E-state index contributed by atoms with van der Waals surface area (Å²) in [4.78, 5) is 3.24. The summed E-state index contributed by atoms with van der Waals surface area (Å²) >= 11 is 2.93. The van der Waals surface area contributed by atoms with Gasteiger partial charge in [-0.15, -0.1) is 0 Å².